The lowest BCUT2D eigenvalue weighted by molar-refractivity contribution is -0.139. The van der Waals surface area contributed by atoms with E-state index in [0.29, 0.717) is 40.5 Å². The Morgan fingerprint density at radius 1 is 1.00 bits per heavy atom. The van der Waals surface area contributed by atoms with Crippen LogP contribution in [-0.4, -0.2) is 29.9 Å². The lowest BCUT2D eigenvalue weighted by atomic mass is 10.0. The van der Waals surface area contributed by atoms with Gasteiger partial charge in [-0.05, 0) is 53.9 Å². The summed E-state index contributed by atoms with van der Waals surface area (Å²) in [5.74, 6) is 0.141. The third-order valence-electron chi connectivity index (χ3n) is 5.28. The number of hydrogen-bond acceptors (Lipinski definition) is 5. The average Bonchev–Trinajstić information content (AvgIpc) is 2.83. The third kappa shape index (κ3) is 6.71. The van der Waals surface area contributed by atoms with Crippen molar-refractivity contribution >= 4 is 5.97 Å². The minimum Gasteiger partial charge on any atom is -0.497 e. The molecule has 34 heavy (non-hydrogen) atoms. The van der Waals surface area contributed by atoms with Crippen LogP contribution in [0.1, 0.15) is 43.4 Å². The molecule has 0 fully saturated rings. The number of hydrogen-bond donors (Lipinski definition) is 2. The molecule has 0 aliphatic heterocycles. The van der Waals surface area contributed by atoms with Crippen LogP contribution in [0.5, 0.6) is 17.2 Å². The number of methoxy groups -OCH3 is 1. The van der Waals surface area contributed by atoms with Gasteiger partial charge in [0.25, 0.3) is 0 Å². The molecule has 0 spiro atoms. The number of aliphatic carboxylic acids is 1. The van der Waals surface area contributed by atoms with Gasteiger partial charge in [0.05, 0.1) is 26.2 Å². The second-order valence-corrected chi connectivity index (χ2v) is 7.85. The predicted molar refractivity (Wildman–Crippen MR) is 127 cm³/mol. The zero-order valence-electron chi connectivity index (χ0n) is 19.3. The number of halogens is 1. The van der Waals surface area contributed by atoms with Crippen LogP contribution in [0.25, 0.3) is 11.1 Å². The Kier molecular flexibility index (Phi) is 8.87. The first-order valence-electron chi connectivity index (χ1n) is 11.1. The molecule has 3 aromatic carbocycles. The van der Waals surface area contributed by atoms with Gasteiger partial charge in [0.15, 0.2) is 0 Å². The minimum atomic E-state index is -1.11. The van der Waals surface area contributed by atoms with Crippen molar-refractivity contribution in [3.63, 3.8) is 0 Å². The normalized spacial score (nSPS) is 11.6. The minimum absolute atomic E-state index is 0.212. The quantitative estimate of drug-likeness (QED) is 0.329. The second kappa shape index (κ2) is 12.0. The summed E-state index contributed by atoms with van der Waals surface area (Å²) in [7, 11) is 1.53. The molecule has 0 heterocycles. The van der Waals surface area contributed by atoms with Gasteiger partial charge < -0.3 is 24.4 Å². The fraction of sp³-hybridized carbons (Fsp3) is 0.296. The van der Waals surface area contributed by atoms with Crippen LogP contribution in [0.3, 0.4) is 0 Å². The highest BCUT2D eigenvalue weighted by Gasteiger charge is 2.15. The topological polar surface area (TPSA) is 85.2 Å². The first-order valence-corrected chi connectivity index (χ1v) is 11.1. The van der Waals surface area contributed by atoms with Gasteiger partial charge in [-0.3, -0.25) is 4.79 Å². The highest BCUT2D eigenvalue weighted by molar-refractivity contribution is 5.72. The van der Waals surface area contributed by atoms with Crippen LogP contribution in [-0.2, 0) is 11.4 Å². The number of benzene rings is 3. The molecule has 1 atom stereocenters. The maximum atomic E-state index is 14.6. The number of carboxylic acids is 1. The summed E-state index contributed by atoms with van der Waals surface area (Å²) >= 11 is 0. The molecule has 3 rings (SSSR count). The van der Waals surface area contributed by atoms with Crippen LogP contribution in [0.2, 0.25) is 0 Å². The largest absolute Gasteiger partial charge is 0.497 e. The van der Waals surface area contributed by atoms with Gasteiger partial charge >= 0.3 is 5.97 Å². The first kappa shape index (κ1) is 25.1. The maximum Gasteiger partial charge on any atom is 0.306 e. The summed E-state index contributed by atoms with van der Waals surface area (Å²) < 4.78 is 31.7. The van der Waals surface area contributed by atoms with Crippen LogP contribution in [0.15, 0.2) is 60.7 Å². The molecule has 0 aliphatic rings. The molecule has 7 heteroatoms. The van der Waals surface area contributed by atoms with Crippen LogP contribution in [0.4, 0.5) is 4.39 Å². The SMILES string of the molecule is CCCCOc1cc(COc2cccc([C@H](O)CC(=O)O)c2)ccc1-c1cc(OC)ccc1F. The van der Waals surface area contributed by atoms with E-state index in [1.807, 2.05) is 12.1 Å². The van der Waals surface area contributed by atoms with E-state index in [2.05, 4.69) is 6.92 Å². The second-order valence-electron chi connectivity index (χ2n) is 7.85. The number of ether oxygens (including phenoxy) is 3. The van der Waals surface area contributed by atoms with Gasteiger partial charge in [0.1, 0.15) is 29.7 Å². The molecule has 0 bridgehead atoms. The van der Waals surface area contributed by atoms with Crippen molar-refractivity contribution < 1.29 is 33.6 Å². The highest BCUT2D eigenvalue weighted by atomic mass is 19.1. The van der Waals surface area contributed by atoms with E-state index >= 15 is 0 Å². The van der Waals surface area contributed by atoms with Crippen molar-refractivity contribution in [3.05, 3.63) is 77.6 Å². The molecule has 0 radical (unpaired) electrons. The summed E-state index contributed by atoms with van der Waals surface area (Å²) in [5, 5.41) is 18.9. The number of rotatable bonds is 12. The molecular weight excluding hydrogens is 439 g/mol. The molecule has 0 aromatic heterocycles. The summed E-state index contributed by atoms with van der Waals surface area (Å²) in [5.41, 5.74) is 2.29. The fourth-order valence-corrected chi connectivity index (χ4v) is 3.42. The standard InChI is InChI=1S/C27H29FO6/c1-3-4-12-33-26-13-18(8-10-22(26)23-15-20(32-2)9-11-24(23)28)17-34-21-7-5-6-19(14-21)25(29)16-27(30)31/h5-11,13-15,25,29H,3-4,12,16-17H2,1-2H3,(H,30,31)/t25-/m1/s1. The Hall–Kier alpha value is -3.58. The zero-order chi connectivity index (χ0) is 24.5. The van der Waals surface area contributed by atoms with Gasteiger partial charge in [0, 0.05) is 11.1 Å². The molecule has 0 amide bonds. The van der Waals surface area contributed by atoms with Crippen molar-refractivity contribution in [1.29, 1.82) is 0 Å². The van der Waals surface area contributed by atoms with Crippen LogP contribution >= 0.6 is 0 Å². The van der Waals surface area contributed by atoms with Crippen molar-refractivity contribution in [2.24, 2.45) is 0 Å². The Balaban J connectivity index is 1.82. The number of carboxylic acid groups (broad SMARTS) is 1. The zero-order valence-corrected chi connectivity index (χ0v) is 19.3. The molecule has 180 valence electrons. The van der Waals surface area contributed by atoms with Crippen LogP contribution < -0.4 is 14.2 Å². The number of aliphatic hydroxyl groups excluding tert-OH is 1. The monoisotopic (exact) mass is 468 g/mol. The van der Waals surface area contributed by atoms with E-state index in [0.717, 1.165) is 18.4 Å². The van der Waals surface area contributed by atoms with E-state index in [4.69, 9.17) is 19.3 Å². The predicted octanol–water partition coefficient (Wildman–Crippen LogP) is 5.77. The molecule has 2 N–H and O–H groups in total. The Morgan fingerprint density at radius 2 is 1.82 bits per heavy atom. The fourth-order valence-electron chi connectivity index (χ4n) is 3.42. The van der Waals surface area contributed by atoms with Gasteiger partial charge in [-0.1, -0.05) is 37.6 Å². The van der Waals surface area contributed by atoms with Gasteiger partial charge in [-0.2, -0.15) is 0 Å². The van der Waals surface area contributed by atoms with Crippen molar-refractivity contribution in [2.75, 3.05) is 13.7 Å². The van der Waals surface area contributed by atoms with Crippen molar-refractivity contribution in [1.82, 2.24) is 0 Å². The van der Waals surface area contributed by atoms with Crippen molar-refractivity contribution in [2.45, 2.75) is 38.9 Å². The molecule has 6 nitrogen and oxygen atoms in total. The van der Waals surface area contributed by atoms with E-state index in [1.165, 1.54) is 13.2 Å². The Morgan fingerprint density at radius 3 is 2.56 bits per heavy atom. The Bertz CT molecular complexity index is 1110. The van der Waals surface area contributed by atoms with E-state index in [-0.39, 0.29) is 18.8 Å². The van der Waals surface area contributed by atoms with Gasteiger partial charge in [0.2, 0.25) is 0 Å². The third-order valence-corrected chi connectivity index (χ3v) is 5.28. The van der Waals surface area contributed by atoms with Gasteiger partial charge in [-0.15, -0.1) is 0 Å². The van der Waals surface area contributed by atoms with Gasteiger partial charge in [-0.25, -0.2) is 4.39 Å². The first-order chi connectivity index (χ1) is 16.4. The summed E-state index contributed by atoms with van der Waals surface area (Å²) in [6.45, 7) is 2.78. The maximum absolute atomic E-state index is 14.6. The lowest BCUT2D eigenvalue weighted by Gasteiger charge is -2.16. The highest BCUT2D eigenvalue weighted by Crippen LogP contribution is 2.35. The molecule has 0 saturated carbocycles. The average molecular weight is 469 g/mol. The number of carbonyl (C=O) groups is 1. The van der Waals surface area contributed by atoms with E-state index in [9.17, 15) is 14.3 Å². The smallest absolute Gasteiger partial charge is 0.306 e. The molecule has 3 aromatic rings. The summed E-state index contributed by atoms with van der Waals surface area (Å²) in [6.07, 6.45) is 0.336. The molecular formula is C27H29FO6. The number of aliphatic hydroxyl groups is 1. The van der Waals surface area contributed by atoms with E-state index < -0.39 is 12.1 Å². The number of unbranched alkanes of at least 4 members (excludes halogenated alkanes) is 1. The van der Waals surface area contributed by atoms with Crippen molar-refractivity contribution in [3.8, 4) is 28.4 Å². The summed E-state index contributed by atoms with van der Waals surface area (Å²) in [4.78, 5) is 10.9. The van der Waals surface area contributed by atoms with Crippen LogP contribution in [0, 0.1) is 5.82 Å². The lowest BCUT2D eigenvalue weighted by Crippen LogP contribution is -2.06. The summed E-state index contributed by atoms with van der Waals surface area (Å²) in [6, 6.07) is 16.7. The molecule has 0 unspecified atom stereocenters. The Labute approximate surface area is 198 Å². The molecule has 0 aliphatic carbocycles. The molecule has 0 saturated heterocycles. The van der Waals surface area contributed by atoms with E-state index in [1.54, 1.807) is 42.5 Å².